The Morgan fingerprint density at radius 1 is 1.28 bits per heavy atom. The maximum Gasteiger partial charge on any atom is 0.261 e. The van der Waals surface area contributed by atoms with Gasteiger partial charge in [-0.2, -0.15) is 0 Å². The predicted molar refractivity (Wildman–Crippen MR) is 120 cm³/mol. The number of hydrogen-bond donors (Lipinski definition) is 0. The minimum Gasteiger partial charge on any atom is -0.351 e. The zero-order valence-electron chi connectivity index (χ0n) is 16.9. The van der Waals surface area contributed by atoms with Crippen LogP contribution in [0.4, 0.5) is 5.82 Å². The Hall–Kier alpha value is -2.53. The molecular weight excluding hydrogens is 384 g/mol. The van der Waals surface area contributed by atoms with E-state index in [0.29, 0.717) is 10.8 Å². The number of fused-ring (bicyclic) bond motifs is 1. The van der Waals surface area contributed by atoms with E-state index in [1.54, 1.807) is 10.5 Å². The van der Waals surface area contributed by atoms with E-state index in [2.05, 4.69) is 23.0 Å². The van der Waals surface area contributed by atoms with E-state index in [-0.39, 0.29) is 11.6 Å². The highest BCUT2D eigenvalue weighted by Gasteiger charge is 2.26. The molecule has 1 fully saturated rings. The average Bonchev–Trinajstić information content (AvgIpc) is 3.37. The summed E-state index contributed by atoms with van der Waals surface area (Å²) in [5.41, 5.74) is 1.68. The number of hydrogen-bond acceptors (Lipinski definition) is 3. The number of anilines is 1. The molecule has 3 heterocycles. The van der Waals surface area contributed by atoms with Crippen molar-refractivity contribution < 1.29 is 0 Å². The molecule has 0 N–H and O–H groups in total. The van der Waals surface area contributed by atoms with Crippen LogP contribution in [0, 0.1) is 0 Å². The smallest absolute Gasteiger partial charge is 0.261 e. The Labute approximate surface area is 176 Å². The second-order valence-corrected chi connectivity index (χ2v) is 8.08. The van der Waals surface area contributed by atoms with Crippen LogP contribution in [0.2, 0.25) is 5.02 Å². The third kappa shape index (κ3) is 3.84. The van der Waals surface area contributed by atoms with E-state index in [1.807, 2.05) is 36.5 Å². The number of halogens is 1. The largest absolute Gasteiger partial charge is 0.351 e. The van der Waals surface area contributed by atoms with Crippen LogP contribution in [0.25, 0.3) is 17.0 Å². The van der Waals surface area contributed by atoms with Gasteiger partial charge in [0.25, 0.3) is 5.56 Å². The van der Waals surface area contributed by atoms with E-state index in [9.17, 15) is 4.79 Å². The molecule has 1 aliphatic rings. The molecule has 6 heteroatoms. The number of aryl methyl sites for hydroxylation is 1. The molecule has 1 saturated heterocycles. The fourth-order valence-electron chi connectivity index (χ4n) is 4.14. The van der Waals surface area contributed by atoms with Crippen LogP contribution in [0.15, 0.2) is 54.0 Å². The summed E-state index contributed by atoms with van der Waals surface area (Å²) < 4.78 is 3.87. The van der Waals surface area contributed by atoms with E-state index >= 15 is 0 Å². The van der Waals surface area contributed by atoms with Crippen molar-refractivity contribution in [3.8, 4) is 11.3 Å². The molecule has 0 amide bonds. The van der Waals surface area contributed by atoms with Crippen molar-refractivity contribution in [2.75, 3.05) is 11.4 Å². The minimum absolute atomic E-state index is 0.0517. The number of imidazole rings is 1. The molecule has 1 aliphatic heterocycles. The van der Waals surface area contributed by atoms with Crippen LogP contribution in [-0.2, 0) is 6.54 Å². The van der Waals surface area contributed by atoms with Gasteiger partial charge in [0, 0.05) is 42.0 Å². The fourth-order valence-corrected chi connectivity index (χ4v) is 4.26. The second kappa shape index (κ2) is 8.46. The van der Waals surface area contributed by atoms with Crippen LogP contribution in [0.5, 0.6) is 0 Å². The molecule has 29 heavy (non-hydrogen) atoms. The minimum atomic E-state index is -0.0517. The second-order valence-electron chi connectivity index (χ2n) is 7.64. The first-order valence-electron chi connectivity index (χ1n) is 10.4. The maximum atomic E-state index is 13.0. The lowest BCUT2D eigenvalue weighted by Crippen LogP contribution is -2.33. The van der Waals surface area contributed by atoms with Crippen LogP contribution in [0.3, 0.4) is 0 Å². The lowest BCUT2D eigenvalue weighted by atomic mass is 10.2. The van der Waals surface area contributed by atoms with Crippen LogP contribution in [-0.4, -0.2) is 26.5 Å². The van der Waals surface area contributed by atoms with Gasteiger partial charge in [-0.15, -0.1) is 6.58 Å². The Balaban J connectivity index is 1.86. The van der Waals surface area contributed by atoms with E-state index in [4.69, 9.17) is 16.6 Å². The summed E-state index contributed by atoms with van der Waals surface area (Å²) in [7, 11) is 0. The van der Waals surface area contributed by atoms with Gasteiger partial charge in [-0.05, 0) is 31.4 Å². The van der Waals surface area contributed by atoms with Crippen LogP contribution < -0.4 is 10.5 Å². The number of benzene rings is 1. The molecule has 0 radical (unpaired) electrons. The number of rotatable bonds is 7. The van der Waals surface area contributed by atoms with Crippen molar-refractivity contribution in [1.29, 1.82) is 0 Å². The van der Waals surface area contributed by atoms with Gasteiger partial charge in [0.15, 0.2) is 0 Å². The standard InChI is InChI=1S/C23H27ClN4O/c1-3-5-6-13-27-21(26-14-7-8-19(26)4-2)15-22(29)28-16-20(25-23(27)28)17-9-11-18(24)12-10-17/h4,9-12,15-16,19H,2-3,5-8,13-14H2,1H3. The molecule has 0 spiro atoms. The Kier molecular flexibility index (Phi) is 5.76. The van der Waals surface area contributed by atoms with Gasteiger partial charge >= 0.3 is 0 Å². The molecule has 3 aromatic rings. The van der Waals surface area contributed by atoms with Crippen LogP contribution in [0.1, 0.15) is 39.0 Å². The maximum absolute atomic E-state index is 13.0. The fraction of sp³-hybridized carbons (Fsp3) is 0.391. The lowest BCUT2D eigenvalue weighted by Gasteiger charge is -2.28. The lowest BCUT2D eigenvalue weighted by molar-refractivity contribution is 0.592. The van der Waals surface area contributed by atoms with Gasteiger partial charge in [0.1, 0.15) is 5.82 Å². The molecule has 0 aliphatic carbocycles. The van der Waals surface area contributed by atoms with Crippen LogP contribution >= 0.6 is 11.6 Å². The molecule has 5 nitrogen and oxygen atoms in total. The van der Waals surface area contributed by atoms with Crippen molar-refractivity contribution in [3.63, 3.8) is 0 Å². The van der Waals surface area contributed by atoms with E-state index in [1.165, 1.54) is 0 Å². The number of aromatic nitrogens is 3. The summed E-state index contributed by atoms with van der Waals surface area (Å²) in [4.78, 5) is 20.1. The molecule has 1 atom stereocenters. The molecule has 1 aromatic carbocycles. The van der Waals surface area contributed by atoms with Gasteiger partial charge in [0.2, 0.25) is 5.78 Å². The highest BCUT2D eigenvalue weighted by molar-refractivity contribution is 6.30. The zero-order valence-corrected chi connectivity index (χ0v) is 17.6. The first-order chi connectivity index (χ1) is 14.1. The van der Waals surface area contributed by atoms with E-state index < -0.39 is 0 Å². The molecule has 4 rings (SSSR count). The van der Waals surface area contributed by atoms with Crippen molar-refractivity contribution in [2.24, 2.45) is 0 Å². The Morgan fingerprint density at radius 3 is 2.79 bits per heavy atom. The van der Waals surface area contributed by atoms with Gasteiger partial charge in [0.05, 0.1) is 5.69 Å². The monoisotopic (exact) mass is 410 g/mol. The Morgan fingerprint density at radius 2 is 2.07 bits per heavy atom. The van der Waals surface area contributed by atoms with Crippen molar-refractivity contribution in [1.82, 2.24) is 14.0 Å². The van der Waals surface area contributed by atoms with Crippen molar-refractivity contribution in [2.45, 2.75) is 51.6 Å². The number of nitrogens with zero attached hydrogens (tertiary/aromatic N) is 4. The van der Waals surface area contributed by atoms with Gasteiger partial charge < -0.3 is 4.90 Å². The summed E-state index contributed by atoms with van der Waals surface area (Å²) in [6, 6.07) is 9.58. The summed E-state index contributed by atoms with van der Waals surface area (Å²) in [5, 5.41) is 0.684. The SMILES string of the molecule is C=CC1CCCN1c1cc(=O)n2cc(-c3ccc(Cl)cc3)nc2n1CCCCC. The highest BCUT2D eigenvalue weighted by atomic mass is 35.5. The summed E-state index contributed by atoms with van der Waals surface area (Å²) >= 11 is 6.03. The first-order valence-corrected chi connectivity index (χ1v) is 10.8. The van der Waals surface area contributed by atoms with Crippen molar-refractivity contribution in [3.05, 3.63) is 64.6 Å². The number of unbranched alkanes of at least 4 members (excludes halogenated alkanes) is 2. The molecule has 1 unspecified atom stereocenters. The molecular formula is C23H27ClN4O. The normalized spacial score (nSPS) is 16.6. The average molecular weight is 411 g/mol. The van der Waals surface area contributed by atoms with Gasteiger partial charge in [-0.3, -0.25) is 13.8 Å². The molecule has 152 valence electrons. The summed E-state index contributed by atoms with van der Waals surface area (Å²) in [6.45, 7) is 7.97. The third-order valence-electron chi connectivity index (χ3n) is 5.69. The van der Waals surface area contributed by atoms with E-state index in [0.717, 1.165) is 62.3 Å². The highest BCUT2D eigenvalue weighted by Crippen LogP contribution is 2.28. The quantitative estimate of drug-likeness (QED) is 0.399. The molecule has 0 saturated carbocycles. The topological polar surface area (TPSA) is 42.5 Å². The molecule has 0 bridgehead atoms. The van der Waals surface area contributed by atoms with Crippen molar-refractivity contribution >= 4 is 23.2 Å². The summed E-state index contributed by atoms with van der Waals surface area (Å²) in [5.74, 6) is 1.65. The predicted octanol–water partition coefficient (Wildman–Crippen LogP) is 5.16. The van der Waals surface area contributed by atoms with Gasteiger partial charge in [-0.25, -0.2) is 4.98 Å². The summed E-state index contributed by atoms with van der Waals surface area (Å²) in [6.07, 6.45) is 9.34. The Bertz CT molecular complexity index is 1070. The first kappa shape index (κ1) is 19.8. The zero-order chi connectivity index (χ0) is 20.4. The van der Waals surface area contributed by atoms with Gasteiger partial charge in [-0.1, -0.05) is 49.6 Å². The molecule has 2 aromatic heterocycles. The third-order valence-corrected chi connectivity index (χ3v) is 5.94.